The second-order valence-electron chi connectivity index (χ2n) is 13.9. The van der Waals surface area contributed by atoms with E-state index in [0.29, 0.717) is 49.1 Å². The van der Waals surface area contributed by atoms with Gasteiger partial charge in [-0.1, -0.05) is 78.1 Å². The molecule has 4 aromatic carbocycles. The molecule has 0 heterocycles. The number of hydrogen-bond donors (Lipinski definition) is 2. The van der Waals surface area contributed by atoms with Crippen LogP contribution in [0.4, 0.5) is 11.4 Å². The zero-order valence-electron chi connectivity index (χ0n) is 33.1. The molecule has 0 atom stereocenters. The number of phenols is 2. The minimum absolute atomic E-state index is 0.151. The Labute approximate surface area is 329 Å². The Morgan fingerprint density at radius 2 is 0.709 bits per heavy atom. The van der Waals surface area contributed by atoms with E-state index >= 15 is 0 Å². The maximum atomic E-state index is 10.4. The number of hydrogen-bond acceptors (Lipinski definition) is 8. The molecule has 0 amide bonds. The first kappa shape index (κ1) is 42.8. The Morgan fingerprint density at radius 1 is 0.400 bits per heavy atom. The van der Waals surface area contributed by atoms with Crippen LogP contribution in [0.3, 0.4) is 0 Å². The van der Waals surface area contributed by atoms with Crippen LogP contribution in [-0.2, 0) is 0 Å². The van der Waals surface area contributed by atoms with Gasteiger partial charge in [0.2, 0.25) is 0 Å². The summed E-state index contributed by atoms with van der Waals surface area (Å²) in [5, 5.41) is 20.9. The third kappa shape index (κ3) is 17.4. The van der Waals surface area contributed by atoms with Gasteiger partial charge >= 0.3 is 0 Å². The molecule has 0 unspecified atom stereocenters. The van der Waals surface area contributed by atoms with Crippen LogP contribution in [0, 0.1) is 0 Å². The second kappa shape index (κ2) is 25.9. The van der Waals surface area contributed by atoms with Crippen LogP contribution in [0.15, 0.2) is 94.9 Å². The highest BCUT2D eigenvalue weighted by atomic mass is 16.5. The van der Waals surface area contributed by atoms with E-state index in [4.69, 9.17) is 18.9 Å². The third-order valence-electron chi connectivity index (χ3n) is 9.24. The van der Waals surface area contributed by atoms with E-state index in [9.17, 15) is 10.2 Å². The van der Waals surface area contributed by atoms with Gasteiger partial charge in [0.15, 0.2) is 0 Å². The van der Waals surface area contributed by atoms with Gasteiger partial charge in [-0.15, -0.1) is 0 Å². The number of aromatic hydroxyl groups is 2. The molecule has 4 aromatic rings. The summed E-state index contributed by atoms with van der Waals surface area (Å²) in [6.45, 7) is 7.03. The quantitative estimate of drug-likeness (QED) is 0.0443. The lowest BCUT2D eigenvalue weighted by atomic mass is 10.1. The third-order valence-corrected chi connectivity index (χ3v) is 9.24. The molecule has 0 aliphatic heterocycles. The first-order valence-corrected chi connectivity index (χ1v) is 20.5. The van der Waals surface area contributed by atoms with E-state index in [1.165, 1.54) is 64.2 Å². The summed E-state index contributed by atoms with van der Waals surface area (Å²) >= 11 is 0. The average Bonchev–Trinajstić information content (AvgIpc) is 3.20. The van der Waals surface area contributed by atoms with Crippen molar-refractivity contribution in [1.29, 1.82) is 0 Å². The highest BCUT2D eigenvalue weighted by Crippen LogP contribution is 2.26. The normalized spacial score (nSPS) is 11.4. The molecule has 2 N–H and O–H groups in total. The van der Waals surface area contributed by atoms with E-state index < -0.39 is 0 Å². The van der Waals surface area contributed by atoms with Crippen molar-refractivity contribution in [2.24, 2.45) is 9.98 Å². The van der Waals surface area contributed by atoms with Gasteiger partial charge < -0.3 is 29.2 Å². The van der Waals surface area contributed by atoms with Crippen LogP contribution in [0.2, 0.25) is 0 Å². The van der Waals surface area contributed by atoms with Crippen molar-refractivity contribution in [3.8, 4) is 34.5 Å². The molecular weight excluding hydrogens is 689 g/mol. The zero-order chi connectivity index (χ0) is 38.8. The molecule has 0 radical (unpaired) electrons. The van der Waals surface area contributed by atoms with E-state index in [0.717, 1.165) is 55.0 Å². The standard InChI is InChI=1S/C47H62N2O6/c1-3-5-7-9-11-14-32-54-44-24-18-38(46(50)34-44)36-48-40-20-26-42(27-21-40)52-30-16-13-17-31-53-43-28-22-41(23-29-43)49-37-39-19-25-45(35-47(39)51)55-33-15-12-10-8-6-4-2/h18-29,34-37,50-51H,3-17,30-33H2,1-2H3. The molecule has 0 fully saturated rings. The Bertz CT molecular complexity index is 1560. The Hall–Kier alpha value is -4.98. The Morgan fingerprint density at radius 3 is 1.07 bits per heavy atom. The molecule has 296 valence electrons. The first-order valence-electron chi connectivity index (χ1n) is 20.5. The molecule has 0 spiro atoms. The van der Waals surface area contributed by atoms with E-state index in [1.54, 1.807) is 24.6 Å². The number of phenolic OH excluding ortho intramolecular Hbond substituents is 2. The first-order chi connectivity index (χ1) is 27.0. The lowest BCUT2D eigenvalue weighted by Gasteiger charge is -2.08. The summed E-state index contributed by atoms with van der Waals surface area (Å²) in [6.07, 6.45) is 20.7. The van der Waals surface area contributed by atoms with Crippen molar-refractivity contribution in [3.05, 3.63) is 96.1 Å². The zero-order valence-corrected chi connectivity index (χ0v) is 33.1. The minimum atomic E-state index is 0.151. The molecule has 0 aliphatic rings. The van der Waals surface area contributed by atoms with Crippen molar-refractivity contribution in [2.45, 2.75) is 110 Å². The fraction of sp³-hybridized carbons (Fsp3) is 0.447. The number of unbranched alkanes of at least 4 members (excludes halogenated alkanes) is 12. The van der Waals surface area contributed by atoms with Crippen LogP contribution < -0.4 is 18.9 Å². The summed E-state index contributed by atoms with van der Waals surface area (Å²) in [5.41, 5.74) is 2.84. The fourth-order valence-corrected chi connectivity index (χ4v) is 5.90. The van der Waals surface area contributed by atoms with Gasteiger partial charge in [0.1, 0.15) is 34.5 Å². The molecule has 0 aliphatic carbocycles. The van der Waals surface area contributed by atoms with Crippen molar-refractivity contribution in [2.75, 3.05) is 26.4 Å². The summed E-state index contributed by atoms with van der Waals surface area (Å²) in [4.78, 5) is 9.02. The molecule has 0 aromatic heterocycles. The highest BCUT2D eigenvalue weighted by Gasteiger charge is 2.05. The van der Waals surface area contributed by atoms with Gasteiger partial charge in [0.05, 0.1) is 37.8 Å². The molecule has 8 heteroatoms. The van der Waals surface area contributed by atoms with Crippen LogP contribution >= 0.6 is 0 Å². The largest absolute Gasteiger partial charge is 0.507 e. The monoisotopic (exact) mass is 750 g/mol. The van der Waals surface area contributed by atoms with Gasteiger partial charge in [-0.2, -0.15) is 0 Å². The Balaban J connectivity index is 1.06. The number of nitrogens with zero attached hydrogens (tertiary/aromatic N) is 2. The predicted molar refractivity (Wildman–Crippen MR) is 226 cm³/mol. The van der Waals surface area contributed by atoms with Crippen molar-refractivity contribution < 1.29 is 29.2 Å². The van der Waals surface area contributed by atoms with E-state index in [-0.39, 0.29) is 11.5 Å². The predicted octanol–water partition coefficient (Wildman–Crippen LogP) is 12.7. The average molecular weight is 751 g/mol. The fourth-order valence-electron chi connectivity index (χ4n) is 5.90. The maximum Gasteiger partial charge on any atom is 0.128 e. The summed E-state index contributed by atoms with van der Waals surface area (Å²) in [7, 11) is 0. The van der Waals surface area contributed by atoms with Crippen molar-refractivity contribution >= 4 is 23.8 Å². The van der Waals surface area contributed by atoms with Gasteiger partial charge in [-0.3, -0.25) is 9.98 Å². The minimum Gasteiger partial charge on any atom is -0.507 e. The molecule has 0 saturated carbocycles. The number of benzene rings is 4. The summed E-state index contributed by atoms with van der Waals surface area (Å²) < 4.78 is 23.5. The highest BCUT2D eigenvalue weighted by molar-refractivity contribution is 5.86. The number of rotatable bonds is 28. The van der Waals surface area contributed by atoms with Gasteiger partial charge in [-0.25, -0.2) is 0 Å². The van der Waals surface area contributed by atoms with Gasteiger partial charge in [0, 0.05) is 35.7 Å². The Kier molecular flexibility index (Phi) is 20.2. The van der Waals surface area contributed by atoms with Crippen LogP contribution in [0.5, 0.6) is 34.5 Å². The molecule has 0 saturated heterocycles. The maximum absolute atomic E-state index is 10.4. The second-order valence-corrected chi connectivity index (χ2v) is 13.9. The number of aliphatic imine (C=N–C) groups is 2. The van der Waals surface area contributed by atoms with Crippen molar-refractivity contribution in [1.82, 2.24) is 0 Å². The lowest BCUT2D eigenvalue weighted by molar-refractivity contribution is 0.279. The van der Waals surface area contributed by atoms with E-state index in [2.05, 4.69) is 23.8 Å². The summed E-state index contributed by atoms with van der Waals surface area (Å²) in [5.74, 6) is 3.25. The molecular formula is C47H62N2O6. The molecule has 8 nitrogen and oxygen atoms in total. The van der Waals surface area contributed by atoms with Gasteiger partial charge in [0.25, 0.3) is 0 Å². The smallest absolute Gasteiger partial charge is 0.128 e. The van der Waals surface area contributed by atoms with E-state index in [1.807, 2.05) is 72.8 Å². The SMILES string of the molecule is CCCCCCCCOc1ccc(C=Nc2ccc(OCCCCCOc3ccc(N=Cc4ccc(OCCCCCCCC)cc4O)cc3)cc2)c(O)c1. The number of ether oxygens (including phenoxy) is 4. The van der Waals surface area contributed by atoms with Crippen LogP contribution in [-0.4, -0.2) is 49.1 Å². The van der Waals surface area contributed by atoms with Crippen molar-refractivity contribution in [3.63, 3.8) is 0 Å². The molecule has 4 rings (SSSR count). The topological polar surface area (TPSA) is 102 Å². The van der Waals surface area contributed by atoms with Gasteiger partial charge in [-0.05, 0) is 105 Å². The lowest BCUT2D eigenvalue weighted by Crippen LogP contribution is -2.00. The molecule has 0 bridgehead atoms. The summed E-state index contributed by atoms with van der Waals surface area (Å²) in [6, 6.07) is 26.0. The van der Waals surface area contributed by atoms with Crippen LogP contribution in [0.25, 0.3) is 0 Å². The van der Waals surface area contributed by atoms with Crippen LogP contribution in [0.1, 0.15) is 121 Å². The molecule has 55 heavy (non-hydrogen) atoms.